The Bertz CT molecular complexity index is 130. The maximum atomic E-state index is 11.2. The van der Waals surface area contributed by atoms with Gasteiger partial charge in [0.05, 0.1) is 16.7 Å². The summed E-state index contributed by atoms with van der Waals surface area (Å²) in [5.74, 6) is -2.88. The topological polar surface area (TPSA) is 18.5 Å². The summed E-state index contributed by atoms with van der Waals surface area (Å²) < 4.78 is 42.9. The maximum Gasteiger partial charge on any atom is 0.281 e. The van der Waals surface area contributed by atoms with Crippen LogP contribution in [0, 0.1) is 0 Å². The van der Waals surface area contributed by atoms with Crippen molar-refractivity contribution >= 4 is 10.2 Å². The first kappa shape index (κ1) is 11.9. The second-order valence-electron chi connectivity index (χ2n) is 2.47. The molecule has 1 rings (SSSR count). The smallest absolute Gasteiger partial charge is 0.281 e. The van der Waals surface area contributed by atoms with Crippen LogP contribution in [-0.4, -0.2) is 42.5 Å². The second-order valence-corrected chi connectivity index (χ2v) is 3.41. The molecule has 0 spiro atoms. The first-order chi connectivity index (χ1) is 5.44. The highest BCUT2D eigenvalue weighted by molar-refractivity contribution is 6.09. The average Bonchev–Trinajstić information content (AvgIpc) is 2.56. The molecule has 6 heteroatoms. The number of halogens is 3. The van der Waals surface area contributed by atoms with Gasteiger partial charge < -0.3 is 9.47 Å². The summed E-state index contributed by atoms with van der Waals surface area (Å²) in [6.45, 7) is 0. The van der Waals surface area contributed by atoms with Gasteiger partial charge in [-0.15, -0.1) is 0 Å². The summed E-state index contributed by atoms with van der Waals surface area (Å²) in [5, 5.41) is 0. The lowest BCUT2D eigenvalue weighted by Gasteiger charge is -2.03. The van der Waals surface area contributed by atoms with E-state index in [1.54, 1.807) is 14.2 Å². The Labute approximate surface area is 72.5 Å². The van der Waals surface area contributed by atoms with Crippen molar-refractivity contribution in [2.75, 3.05) is 14.2 Å². The molecule has 0 aromatic heterocycles. The molecule has 1 atom stereocenters. The molecule has 0 N–H and O–H groups in total. The summed E-state index contributed by atoms with van der Waals surface area (Å²) in [7, 11) is 4.23. The number of ether oxygens (including phenoxy) is 2. The highest BCUT2D eigenvalue weighted by Crippen LogP contribution is 2.44. The van der Waals surface area contributed by atoms with Gasteiger partial charge in [-0.3, -0.25) is 0 Å². The first-order valence-electron chi connectivity index (χ1n) is 3.51. The Morgan fingerprint density at radius 2 is 1.67 bits per heavy atom. The Balaban J connectivity index is 0.000000202. The van der Waals surface area contributed by atoms with Gasteiger partial charge in [0.15, 0.2) is 6.17 Å². The lowest BCUT2D eigenvalue weighted by Crippen LogP contribution is -2.11. The van der Waals surface area contributed by atoms with E-state index in [1.165, 1.54) is 0 Å². The van der Waals surface area contributed by atoms with Crippen LogP contribution in [-0.2, 0) is 9.47 Å². The quantitative estimate of drug-likeness (QED) is 0.473. The van der Waals surface area contributed by atoms with Crippen molar-refractivity contribution in [2.24, 2.45) is 0 Å². The number of rotatable bonds is 2. The van der Waals surface area contributed by atoms with Crippen LogP contribution in [0.25, 0.3) is 0 Å². The zero-order chi connectivity index (χ0) is 9.78. The monoisotopic (exact) mass is 202 g/mol. The van der Waals surface area contributed by atoms with Crippen LogP contribution in [0.5, 0.6) is 0 Å². The zero-order valence-corrected chi connectivity index (χ0v) is 9.31. The van der Waals surface area contributed by atoms with E-state index in [4.69, 9.17) is 9.47 Å². The fourth-order valence-corrected chi connectivity index (χ4v) is 0.276. The van der Waals surface area contributed by atoms with Crippen LogP contribution in [0.2, 0.25) is 0 Å². The van der Waals surface area contributed by atoms with E-state index in [1.807, 2.05) is 0 Å². The van der Waals surface area contributed by atoms with Crippen molar-refractivity contribution in [2.45, 2.75) is 24.4 Å². The van der Waals surface area contributed by atoms with E-state index in [2.05, 4.69) is 0 Å². The van der Waals surface area contributed by atoms with Gasteiger partial charge >= 0.3 is 0 Å². The number of methoxy groups -OCH3 is 2. The third-order valence-electron chi connectivity index (χ3n) is 1.41. The number of hydrogen-bond acceptors (Lipinski definition) is 2. The molecule has 0 aliphatic heterocycles. The molecule has 74 valence electrons. The largest absolute Gasteiger partial charge is 0.361 e. The van der Waals surface area contributed by atoms with E-state index in [0.717, 1.165) is 10.2 Å². The predicted molar refractivity (Wildman–Crippen MR) is 42.2 cm³/mol. The summed E-state index contributed by atoms with van der Waals surface area (Å²) in [4.78, 5) is 0. The second kappa shape index (κ2) is 4.83. The molecule has 0 radical (unpaired) electrons. The number of hydrogen-bond donors (Lipinski definition) is 0. The molecule has 0 aromatic rings. The molecule has 0 aromatic carbocycles. The van der Waals surface area contributed by atoms with E-state index in [9.17, 15) is 13.2 Å². The Morgan fingerprint density at radius 1 is 1.42 bits per heavy atom. The molecular formula is C6H13F3O2Si. The predicted octanol–water partition coefficient (Wildman–Crippen LogP) is 0.292. The van der Waals surface area contributed by atoms with Gasteiger partial charge in [-0.2, -0.15) is 0 Å². The average molecular weight is 202 g/mol. The van der Waals surface area contributed by atoms with Crippen molar-refractivity contribution in [3.8, 4) is 0 Å². The molecule has 0 bridgehead atoms. The summed E-state index contributed by atoms with van der Waals surface area (Å²) in [6.07, 6.45) is -2.40. The normalized spacial score (nSPS) is 25.0. The van der Waals surface area contributed by atoms with Crippen molar-refractivity contribution in [1.29, 1.82) is 0 Å². The van der Waals surface area contributed by atoms with Gasteiger partial charge in [0.1, 0.15) is 5.91 Å². The third-order valence-corrected chi connectivity index (χ3v) is 2.36. The molecule has 1 fully saturated rings. The third kappa shape index (κ3) is 4.73. The maximum absolute atomic E-state index is 11.2. The fourth-order valence-electron chi connectivity index (χ4n) is 0.276. The Kier molecular flexibility index (Phi) is 4.80. The van der Waals surface area contributed by atoms with Gasteiger partial charge in [-0.25, -0.2) is 13.2 Å². The van der Waals surface area contributed by atoms with Gasteiger partial charge in [0.2, 0.25) is 0 Å². The molecule has 1 aliphatic carbocycles. The minimum Gasteiger partial charge on any atom is -0.361 e. The minimum atomic E-state index is -2.96. The molecule has 0 saturated heterocycles. The van der Waals surface area contributed by atoms with E-state index < -0.39 is 18.5 Å². The molecule has 1 unspecified atom stereocenters. The highest BCUT2D eigenvalue weighted by Gasteiger charge is 2.58. The molecule has 2 nitrogen and oxygen atoms in total. The Hall–Kier alpha value is -0.0731. The first-order valence-corrected chi connectivity index (χ1v) is 4.67. The molecule has 12 heavy (non-hydrogen) atoms. The fraction of sp³-hybridized carbons (Fsp3) is 1.00. The molecule has 1 aliphatic rings. The van der Waals surface area contributed by atoms with Crippen molar-refractivity contribution in [3.05, 3.63) is 0 Å². The van der Waals surface area contributed by atoms with Crippen molar-refractivity contribution in [1.82, 2.24) is 0 Å². The number of alkyl halides is 3. The van der Waals surface area contributed by atoms with Crippen LogP contribution < -0.4 is 0 Å². The lowest BCUT2D eigenvalue weighted by atomic mass is 10.8. The van der Waals surface area contributed by atoms with Gasteiger partial charge in [0, 0.05) is 14.2 Å². The van der Waals surface area contributed by atoms with Gasteiger partial charge in [-0.1, -0.05) is 0 Å². The highest BCUT2D eigenvalue weighted by atomic mass is 28.1. The zero-order valence-electron chi connectivity index (χ0n) is 7.31. The van der Waals surface area contributed by atoms with Crippen LogP contribution in [0.4, 0.5) is 13.2 Å². The molecule has 0 amide bonds. The summed E-state index contributed by atoms with van der Waals surface area (Å²) in [5.41, 5.74) is 0. The standard InChI is InChI=1S/C3H3F3.C3H10O2Si/c4-2-1-3(2,5)6;1-4-3(6)5-2/h2H,1H2;3H,1-2,6H3. The minimum absolute atomic E-state index is 0.0741. The summed E-state index contributed by atoms with van der Waals surface area (Å²) >= 11 is 0. The summed E-state index contributed by atoms with van der Waals surface area (Å²) in [6, 6.07) is 0. The van der Waals surface area contributed by atoms with Crippen LogP contribution in [0.1, 0.15) is 6.42 Å². The lowest BCUT2D eigenvalue weighted by molar-refractivity contribution is -0.0411. The molecule has 1 saturated carbocycles. The van der Waals surface area contributed by atoms with E-state index >= 15 is 0 Å². The molecular weight excluding hydrogens is 189 g/mol. The van der Waals surface area contributed by atoms with Crippen molar-refractivity contribution in [3.63, 3.8) is 0 Å². The molecule has 0 heterocycles. The van der Waals surface area contributed by atoms with Gasteiger partial charge in [0.25, 0.3) is 5.92 Å². The Morgan fingerprint density at radius 3 is 1.67 bits per heavy atom. The van der Waals surface area contributed by atoms with E-state index in [-0.39, 0.29) is 5.91 Å². The van der Waals surface area contributed by atoms with Crippen LogP contribution in [0.15, 0.2) is 0 Å². The van der Waals surface area contributed by atoms with Gasteiger partial charge in [-0.05, 0) is 0 Å². The van der Waals surface area contributed by atoms with Crippen LogP contribution in [0.3, 0.4) is 0 Å². The van der Waals surface area contributed by atoms with E-state index in [0.29, 0.717) is 0 Å². The van der Waals surface area contributed by atoms with Crippen LogP contribution >= 0.6 is 0 Å². The SMILES string of the molecule is COC([SiH3])OC.FC1CC1(F)F. The van der Waals surface area contributed by atoms with Crippen molar-refractivity contribution < 1.29 is 22.6 Å².